The molecule has 1 saturated carbocycles. The Balaban J connectivity index is 2.12. The Kier molecular flexibility index (Phi) is 3.60. The van der Waals surface area contributed by atoms with Gasteiger partial charge in [-0.3, -0.25) is 10.1 Å². The minimum Gasteiger partial charge on any atom is -0.408 e. The maximum Gasteiger partial charge on any atom is 0.322 e. The maximum atomic E-state index is 12.2. The number of nitriles is 1. The Morgan fingerprint density at radius 3 is 2.50 bits per heavy atom. The van der Waals surface area contributed by atoms with Gasteiger partial charge < -0.3 is 4.42 Å². The quantitative estimate of drug-likeness (QED) is 0.810. The number of amides is 1. The van der Waals surface area contributed by atoms with Crippen molar-refractivity contribution in [2.24, 2.45) is 5.41 Å². The van der Waals surface area contributed by atoms with Crippen molar-refractivity contribution < 1.29 is 9.21 Å². The fourth-order valence-electron chi connectivity index (χ4n) is 2.29. The smallest absolute Gasteiger partial charge is 0.322 e. The molecule has 0 aromatic carbocycles. The van der Waals surface area contributed by atoms with E-state index in [9.17, 15) is 10.1 Å². The average molecular weight is 248 g/mol. The van der Waals surface area contributed by atoms with Gasteiger partial charge in [-0.2, -0.15) is 5.26 Å². The molecule has 0 radical (unpaired) electrons. The van der Waals surface area contributed by atoms with Crippen molar-refractivity contribution in [1.29, 1.82) is 5.26 Å². The Bertz CT molecular complexity index is 467. The van der Waals surface area contributed by atoms with Gasteiger partial charge in [-0.25, -0.2) is 0 Å². The van der Waals surface area contributed by atoms with Gasteiger partial charge in [-0.05, 0) is 12.8 Å². The predicted molar refractivity (Wildman–Crippen MR) is 63.4 cm³/mol. The summed E-state index contributed by atoms with van der Waals surface area (Å²) in [4.78, 5) is 12.2. The molecule has 1 aliphatic carbocycles. The molecule has 0 atom stereocenters. The fourth-order valence-corrected chi connectivity index (χ4v) is 2.29. The molecule has 96 valence electrons. The largest absolute Gasteiger partial charge is 0.408 e. The van der Waals surface area contributed by atoms with E-state index in [4.69, 9.17) is 4.42 Å². The monoisotopic (exact) mass is 248 g/mol. The second-order valence-corrected chi connectivity index (χ2v) is 4.69. The maximum absolute atomic E-state index is 12.2. The first-order valence-electron chi connectivity index (χ1n) is 6.19. The summed E-state index contributed by atoms with van der Waals surface area (Å²) in [5.41, 5.74) is -0.946. The third kappa shape index (κ3) is 2.50. The highest BCUT2D eigenvalue weighted by atomic mass is 16.4. The van der Waals surface area contributed by atoms with Crippen LogP contribution >= 0.6 is 0 Å². The number of nitrogens with one attached hydrogen (secondary N) is 1. The molecule has 18 heavy (non-hydrogen) atoms. The lowest BCUT2D eigenvalue weighted by atomic mass is 9.81. The lowest BCUT2D eigenvalue weighted by Crippen LogP contribution is -2.34. The van der Waals surface area contributed by atoms with Gasteiger partial charge in [-0.15, -0.1) is 5.10 Å². The lowest BCUT2D eigenvalue weighted by Gasteiger charge is -2.22. The molecule has 1 fully saturated rings. The molecule has 6 heteroatoms. The molecule has 0 unspecified atom stereocenters. The Morgan fingerprint density at radius 1 is 1.33 bits per heavy atom. The summed E-state index contributed by atoms with van der Waals surface area (Å²) in [6, 6.07) is 2.25. The van der Waals surface area contributed by atoms with Crippen molar-refractivity contribution >= 4 is 11.9 Å². The molecular formula is C12H16N4O2. The molecule has 0 saturated heterocycles. The normalized spacial score (nSPS) is 18.7. The molecule has 2 rings (SSSR count). The third-order valence-corrected chi connectivity index (χ3v) is 3.35. The van der Waals surface area contributed by atoms with E-state index in [-0.39, 0.29) is 11.9 Å². The molecular weight excluding hydrogens is 232 g/mol. The zero-order chi connectivity index (χ0) is 13.0. The Labute approximate surface area is 105 Å². The summed E-state index contributed by atoms with van der Waals surface area (Å²) in [5, 5.41) is 19.2. The topological polar surface area (TPSA) is 91.8 Å². The van der Waals surface area contributed by atoms with E-state index in [1.54, 1.807) is 6.92 Å². The molecule has 1 amide bonds. The van der Waals surface area contributed by atoms with E-state index in [0.717, 1.165) is 25.7 Å². The van der Waals surface area contributed by atoms with E-state index >= 15 is 0 Å². The van der Waals surface area contributed by atoms with Crippen molar-refractivity contribution in [3.05, 3.63) is 5.89 Å². The van der Waals surface area contributed by atoms with Crippen LogP contribution in [0.1, 0.15) is 44.4 Å². The number of aromatic nitrogens is 2. The van der Waals surface area contributed by atoms with Gasteiger partial charge in [0.2, 0.25) is 11.8 Å². The van der Waals surface area contributed by atoms with E-state index in [1.165, 1.54) is 0 Å². The molecule has 0 bridgehead atoms. The van der Waals surface area contributed by atoms with Crippen LogP contribution in [0.15, 0.2) is 4.42 Å². The van der Waals surface area contributed by atoms with Gasteiger partial charge >= 0.3 is 6.01 Å². The van der Waals surface area contributed by atoms with Crippen molar-refractivity contribution in [3.63, 3.8) is 0 Å². The van der Waals surface area contributed by atoms with Gasteiger partial charge in [0.25, 0.3) is 0 Å². The van der Waals surface area contributed by atoms with Gasteiger partial charge in [0, 0.05) is 6.92 Å². The van der Waals surface area contributed by atoms with Crippen molar-refractivity contribution in [2.45, 2.75) is 45.4 Å². The van der Waals surface area contributed by atoms with E-state index in [0.29, 0.717) is 18.7 Å². The van der Waals surface area contributed by atoms with E-state index in [1.807, 2.05) is 0 Å². The van der Waals surface area contributed by atoms with Crippen LogP contribution in [0.4, 0.5) is 6.01 Å². The lowest BCUT2D eigenvalue weighted by molar-refractivity contribution is -0.123. The molecule has 6 nitrogen and oxygen atoms in total. The SMILES string of the molecule is Cc1nnc(NC(=O)C2(C#N)CCCCCC2)o1. The number of nitrogens with zero attached hydrogens (tertiary/aromatic N) is 3. The van der Waals surface area contributed by atoms with Crippen LogP contribution in [-0.2, 0) is 4.79 Å². The zero-order valence-electron chi connectivity index (χ0n) is 10.4. The standard InChI is InChI=1S/C12H16N4O2/c1-9-15-16-11(18-9)14-10(17)12(8-13)6-4-2-3-5-7-12/h2-7H2,1H3,(H,14,16,17). The second kappa shape index (κ2) is 5.17. The number of hydrogen-bond donors (Lipinski definition) is 1. The molecule has 1 N–H and O–H groups in total. The summed E-state index contributed by atoms with van der Waals surface area (Å²) in [6.45, 7) is 1.65. The highest BCUT2D eigenvalue weighted by Crippen LogP contribution is 2.35. The van der Waals surface area contributed by atoms with Crippen molar-refractivity contribution in [2.75, 3.05) is 5.32 Å². The Morgan fingerprint density at radius 2 is 2.00 bits per heavy atom. The van der Waals surface area contributed by atoms with Gasteiger partial charge in [0.15, 0.2) is 0 Å². The molecule has 0 spiro atoms. The summed E-state index contributed by atoms with van der Waals surface area (Å²) in [7, 11) is 0. The van der Waals surface area contributed by atoms with Crippen LogP contribution in [0.2, 0.25) is 0 Å². The highest BCUT2D eigenvalue weighted by Gasteiger charge is 2.39. The van der Waals surface area contributed by atoms with Crippen LogP contribution in [0.3, 0.4) is 0 Å². The Hall–Kier alpha value is -1.90. The van der Waals surface area contributed by atoms with Crippen LogP contribution in [-0.4, -0.2) is 16.1 Å². The van der Waals surface area contributed by atoms with E-state index < -0.39 is 5.41 Å². The highest BCUT2D eigenvalue weighted by molar-refractivity contribution is 5.95. The van der Waals surface area contributed by atoms with Crippen molar-refractivity contribution in [1.82, 2.24) is 10.2 Å². The van der Waals surface area contributed by atoms with Gasteiger partial charge in [0.05, 0.1) is 6.07 Å². The number of aryl methyl sites for hydroxylation is 1. The van der Waals surface area contributed by atoms with Crippen molar-refractivity contribution in [3.8, 4) is 6.07 Å². The van der Waals surface area contributed by atoms with Gasteiger partial charge in [-0.1, -0.05) is 30.8 Å². The van der Waals surface area contributed by atoms with Crippen LogP contribution in [0, 0.1) is 23.7 Å². The average Bonchev–Trinajstić information content (AvgIpc) is 2.65. The summed E-state index contributed by atoms with van der Waals surface area (Å²) < 4.78 is 5.10. The van der Waals surface area contributed by atoms with Crippen LogP contribution < -0.4 is 5.32 Å². The first-order valence-corrected chi connectivity index (χ1v) is 6.19. The molecule has 1 aromatic rings. The predicted octanol–water partition coefficient (Wildman–Crippen LogP) is 2.18. The fraction of sp³-hybridized carbons (Fsp3) is 0.667. The van der Waals surface area contributed by atoms with Crippen LogP contribution in [0.25, 0.3) is 0 Å². The summed E-state index contributed by atoms with van der Waals surface area (Å²) in [5.74, 6) is 0.0627. The number of anilines is 1. The number of rotatable bonds is 2. The van der Waals surface area contributed by atoms with Crippen LogP contribution in [0.5, 0.6) is 0 Å². The summed E-state index contributed by atoms with van der Waals surface area (Å²) >= 11 is 0. The molecule has 0 aliphatic heterocycles. The molecule has 1 heterocycles. The zero-order valence-corrected chi connectivity index (χ0v) is 10.4. The number of carbonyl (C=O) groups is 1. The first-order chi connectivity index (χ1) is 8.66. The molecule has 1 aliphatic rings. The molecule has 1 aromatic heterocycles. The number of hydrogen-bond acceptors (Lipinski definition) is 5. The van der Waals surface area contributed by atoms with Gasteiger partial charge in [0.1, 0.15) is 5.41 Å². The minimum absolute atomic E-state index is 0.0661. The first kappa shape index (κ1) is 12.6. The summed E-state index contributed by atoms with van der Waals surface area (Å²) in [6.07, 6.45) is 5.17. The number of carbonyl (C=O) groups excluding carboxylic acids is 1. The second-order valence-electron chi connectivity index (χ2n) is 4.69. The van der Waals surface area contributed by atoms with E-state index in [2.05, 4.69) is 21.6 Å². The minimum atomic E-state index is -0.946. The third-order valence-electron chi connectivity index (χ3n) is 3.35.